The molecule has 3 aromatic carbocycles. The first-order chi connectivity index (χ1) is 18.0. The van der Waals surface area contributed by atoms with Crippen molar-refractivity contribution in [3.8, 4) is 0 Å². The SMILES string of the molecule is CCCCCCC(C)CN(CC(C)CCCCCC)C(=O)OCc1c2ccccc2cc2ccccc12. The molecule has 0 aromatic heterocycles. The molecule has 3 heteroatoms. The molecular weight excluding hydrogens is 454 g/mol. The van der Waals surface area contributed by atoms with Crippen molar-refractivity contribution >= 4 is 27.6 Å². The Morgan fingerprint density at radius 3 is 1.70 bits per heavy atom. The van der Waals surface area contributed by atoms with Crippen molar-refractivity contribution in [2.75, 3.05) is 13.1 Å². The molecule has 2 atom stereocenters. The van der Waals surface area contributed by atoms with Crippen molar-refractivity contribution in [1.29, 1.82) is 0 Å². The summed E-state index contributed by atoms with van der Waals surface area (Å²) < 4.78 is 6.08. The van der Waals surface area contributed by atoms with Crippen molar-refractivity contribution in [3.63, 3.8) is 0 Å². The molecule has 37 heavy (non-hydrogen) atoms. The minimum Gasteiger partial charge on any atom is -0.444 e. The van der Waals surface area contributed by atoms with E-state index in [1.807, 2.05) is 4.90 Å². The van der Waals surface area contributed by atoms with Crippen LogP contribution < -0.4 is 0 Å². The average molecular weight is 504 g/mol. The van der Waals surface area contributed by atoms with Crippen LogP contribution in [0.3, 0.4) is 0 Å². The van der Waals surface area contributed by atoms with Gasteiger partial charge in [0.1, 0.15) is 6.61 Å². The van der Waals surface area contributed by atoms with Gasteiger partial charge in [-0.3, -0.25) is 0 Å². The lowest BCUT2D eigenvalue weighted by molar-refractivity contribution is 0.0848. The number of unbranched alkanes of at least 4 members (excludes halogenated alkanes) is 6. The van der Waals surface area contributed by atoms with Crippen LogP contribution >= 0.6 is 0 Å². The van der Waals surface area contributed by atoms with Gasteiger partial charge in [-0.15, -0.1) is 0 Å². The Hall–Kier alpha value is -2.55. The van der Waals surface area contributed by atoms with Gasteiger partial charge in [0, 0.05) is 18.7 Å². The number of fused-ring (bicyclic) bond motifs is 2. The number of hydrogen-bond acceptors (Lipinski definition) is 2. The van der Waals surface area contributed by atoms with E-state index >= 15 is 0 Å². The molecule has 0 N–H and O–H groups in total. The van der Waals surface area contributed by atoms with Crippen LogP contribution in [0.2, 0.25) is 0 Å². The van der Waals surface area contributed by atoms with Gasteiger partial charge in [-0.2, -0.15) is 0 Å². The molecule has 202 valence electrons. The van der Waals surface area contributed by atoms with Crippen LogP contribution in [-0.2, 0) is 11.3 Å². The van der Waals surface area contributed by atoms with Crippen LogP contribution in [0, 0.1) is 11.8 Å². The molecule has 0 heterocycles. The smallest absolute Gasteiger partial charge is 0.410 e. The van der Waals surface area contributed by atoms with E-state index in [4.69, 9.17) is 4.74 Å². The molecule has 0 fully saturated rings. The Labute approximate surface area is 225 Å². The van der Waals surface area contributed by atoms with Crippen LogP contribution in [0.25, 0.3) is 21.5 Å². The molecule has 0 aliphatic heterocycles. The number of ether oxygens (including phenoxy) is 1. The van der Waals surface area contributed by atoms with Gasteiger partial charge >= 0.3 is 6.09 Å². The fourth-order valence-electron chi connectivity index (χ4n) is 5.49. The van der Waals surface area contributed by atoms with Crippen molar-refractivity contribution in [1.82, 2.24) is 4.90 Å². The second-order valence-corrected chi connectivity index (χ2v) is 11.2. The van der Waals surface area contributed by atoms with Gasteiger partial charge < -0.3 is 9.64 Å². The molecule has 0 saturated heterocycles. The van der Waals surface area contributed by atoms with Gasteiger partial charge in [0.25, 0.3) is 0 Å². The first-order valence-corrected chi connectivity index (χ1v) is 14.8. The summed E-state index contributed by atoms with van der Waals surface area (Å²) in [4.78, 5) is 15.5. The normalized spacial score (nSPS) is 13.1. The summed E-state index contributed by atoms with van der Waals surface area (Å²) in [5, 5.41) is 4.69. The lowest BCUT2D eigenvalue weighted by Crippen LogP contribution is -2.38. The molecule has 3 rings (SSSR count). The number of carbonyl (C=O) groups excluding carboxylic acids is 1. The standard InChI is InChI=1S/C34H49NO2/c1-5-7-9-11-17-27(3)24-35(25-28(4)18-12-10-8-6-2)34(36)37-26-33-31-21-15-13-19-29(31)23-30-20-14-16-22-32(30)33/h13-16,19-23,27-28H,5-12,17-18,24-26H2,1-4H3. The quantitative estimate of drug-likeness (QED) is 0.144. The highest BCUT2D eigenvalue weighted by molar-refractivity contribution is 6.02. The van der Waals surface area contributed by atoms with E-state index in [-0.39, 0.29) is 6.09 Å². The fourth-order valence-corrected chi connectivity index (χ4v) is 5.49. The molecule has 0 radical (unpaired) electrons. The molecule has 0 bridgehead atoms. The molecule has 0 aliphatic rings. The summed E-state index contributed by atoms with van der Waals surface area (Å²) in [5.74, 6) is 0.963. The molecule has 1 amide bonds. The number of amides is 1. The molecule has 3 aromatic rings. The first-order valence-electron chi connectivity index (χ1n) is 14.8. The Bertz CT molecular complexity index is 1020. The highest BCUT2D eigenvalue weighted by Gasteiger charge is 2.21. The summed E-state index contributed by atoms with van der Waals surface area (Å²) in [6.45, 7) is 10.9. The van der Waals surface area contributed by atoms with E-state index in [1.165, 1.54) is 75.0 Å². The minimum atomic E-state index is -0.169. The van der Waals surface area contributed by atoms with Gasteiger partial charge in [-0.05, 0) is 52.3 Å². The van der Waals surface area contributed by atoms with Crippen LogP contribution in [0.15, 0.2) is 54.6 Å². The van der Waals surface area contributed by atoms with E-state index in [0.717, 1.165) is 29.4 Å². The van der Waals surface area contributed by atoms with Gasteiger partial charge in [-0.1, -0.05) is 128 Å². The van der Waals surface area contributed by atoms with Crippen molar-refractivity contribution < 1.29 is 9.53 Å². The highest BCUT2D eigenvalue weighted by Crippen LogP contribution is 2.29. The molecule has 2 unspecified atom stereocenters. The topological polar surface area (TPSA) is 29.5 Å². The molecule has 0 saturated carbocycles. The summed E-state index contributed by atoms with van der Waals surface area (Å²) in [7, 11) is 0. The van der Waals surface area contributed by atoms with Gasteiger partial charge in [-0.25, -0.2) is 4.79 Å². The van der Waals surface area contributed by atoms with Gasteiger partial charge in [0.05, 0.1) is 0 Å². The van der Waals surface area contributed by atoms with E-state index in [2.05, 4.69) is 82.3 Å². The predicted molar refractivity (Wildman–Crippen MR) is 159 cm³/mol. The lowest BCUT2D eigenvalue weighted by atomic mass is 9.97. The van der Waals surface area contributed by atoms with Gasteiger partial charge in [0.2, 0.25) is 0 Å². The summed E-state index contributed by atoms with van der Waals surface area (Å²) in [6, 6.07) is 19.0. The van der Waals surface area contributed by atoms with Gasteiger partial charge in [0.15, 0.2) is 0 Å². The zero-order valence-electron chi connectivity index (χ0n) is 23.8. The molecular formula is C34H49NO2. The fraction of sp³-hybridized carbons (Fsp3) is 0.559. The second-order valence-electron chi connectivity index (χ2n) is 11.2. The van der Waals surface area contributed by atoms with Crippen LogP contribution in [0.1, 0.15) is 97.5 Å². The Morgan fingerprint density at radius 1 is 0.730 bits per heavy atom. The maximum absolute atomic E-state index is 13.5. The number of rotatable bonds is 16. The summed E-state index contributed by atoms with van der Waals surface area (Å²) >= 11 is 0. The minimum absolute atomic E-state index is 0.169. The zero-order chi connectivity index (χ0) is 26.5. The Balaban J connectivity index is 1.71. The van der Waals surface area contributed by atoms with Crippen LogP contribution in [0.4, 0.5) is 4.79 Å². The lowest BCUT2D eigenvalue weighted by Gasteiger charge is -2.28. The van der Waals surface area contributed by atoms with Crippen molar-refractivity contribution in [2.45, 2.75) is 98.5 Å². The molecule has 0 spiro atoms. The maximum atomic E-state index is 13.5. The van der Waals surface area contributed by atoms with E-state index < -0.39 is 0 Å². The van der Waals surface area contributed by atoms with Crippen LogP contribution in [-0.4, -0.2) is 24.1 Å². The first kappa shape index (κ1) is 29.0. The molecule has 0 aliphatic carbocycles. The third kappa shape index (κ3) is 9.05. The number of benzene rings is 3. The predicted octanol–water partition coefficient (Wildman–Crippen LogP) is 10.1. The second kappa shape index (κ2) is 15.6. The Kier molecular flexibility index (Phi) is 12.3. The van der Waals surface area contributed by atoms with E-state index in [1.54, 1.807) is 0 Å². The number of hydrogen-bond donors (Lipinski definition) is 0. The van der Waals surface area contributed by atoms with Crippen molar-refractivity contribution in [2.24, 2.45) is 11.8 Å². The summed E-state index contributed by atoms with van der Waals surface area (Å²) in [5.41, 5.74) is 1.10. The summed E-state index contributed by atoms with van der Waals surface area (Å²) in [6.07, 6.45) is 12.3. The Morgan fingerprint density at radius 2 is 1.22 bits per heavy atom. The average Bonchev–Trinajstić information content (AvgIpc) is 2.91. The third-order valence-electron chi connectivity index (χ3n) is 7.65. The third-order valence-corrected chi connectivity index (χ3v) is 7.65. The molecule has 3 nitrogen and oxygen atoms in total. The van der Waals surface area contributed by atoms with E-state index in [9.17, 15) is 4.79 Å². The zero-order valence-corrected chi connectivity index (χ0v) is 23.8. The maximum Gasteiger partial charge on any atom is 0.410 e. The van der Waals surface area contributed by atoms with Crippen molar-refractivity contribution in [3.05, 3.63) is 60.2 Å². The monoisotopic (exact) mass is 503 g/mol. The highest BCUT2D eigenvalue weighted by atomic mass is 16.6. The van der Waals surface area contributed by atoms with Crippen LogP contribution in [0.5, 0.6) is 0 Å². The number of carbonyl (C=O) groups is 1. The largest absolute Gasteiger partial charge is 0.444 e. The number of nitrogens with zero attached hydrogens (tertiary/aromatic N) is 1. The van der Waals surface area contributed by atoms with E-state index in [0.29, 0.717) is 18.4 Å².